The third-order valence-corrected chi connectivity index (χ3v) is 2.72. The molecule has 19 heavy (non-hydrogen) atoms. The van der Waals surface area contributed by atoms with Crippen molar-refractivity contribution in [1.29, 1.82) is 0 Å². The normalized spacial score (nSPS) is 10.5. The maximum atomic E-state index is 10.7. The Labute approximate surface area is 111 Å². The minimum absolute atomic E-state index is 0.0669. The SMILES string of the molecule is CC(C)c1ccccc1Nc1cnc(C(=O)O)cn1. The number of anilines is 2. The average Bonchev–Trinajstić information content (AvgIpc) is 2.39. The maximum Gasteiger partial charge on any atom is 0.356 e. The van der Waals surface area contributed by atoms with E-state index in [0.29, 0.717) is 11.7 Å². The largest absolute Gasteiger partial charge is 0.476 e. The van der Waals surface area contributed by atoms with Gasteiger partial charge in [0.25, 0.3) is 0 Å². The van der Waals surface area contributed by atoms with Gasteiger partial charge in [0, 0.05) is 5.69 Å². The van der Waals surface area contributed by atoms with Crippen molar-refractivity contribution in [1.82, 2.24) is 9.97 Å². The summed E-state index contributed by atoms with van der Waals surface area (Å²) in [5.41, 5.74) is 2.06. The zero-order valence-corrected chi connectivity index (χ0v) is 10.8. The van der Waals surface area contributed by atoms with Gasteiger partial charge in [-0.1, -0.05) is 32.0 Å². The van der Waals surface area contributed by atoms with E-state index in [-0.39, 0.29) is 5.69 Å². The van der Waals surface area contributed by atoms with Crippen molar-refractivity contribution in [3.63, 3.8) is 0 Å². The second-order valence-electron chi connectivity index (χ2n) is 4.46. The van der Waals surface area contributed by atoms with Crippen LogP contribution in [-0.4, -0.2) is 21.0 Å². The molecule has 0 unspecified atom stereocenters. The van der Waals surface area contributed by atoms with E-state index >= 15 is 0 Å². The van der Waals surface area contributed by atoms with Crippen LogP contribution in [0.4, 0.5) is 11.5 Å². The number of carbonyl (C=O) groups is 1. The number of para-hydroxylation sites is 1. The second kappa shape index (κ2) is 5.48. The Hall–Kier alpha value is -2.43. The summed E-state index contributed by atoms with van der Waals surface area (Å²) in [6.45, 7) is 4.22. The van der Waals surface area contributed by atoms with Gasteiger partial charge in [-0.3, -0.25) is 0 Å². The fourth-order valence-corrected chi connectivity index (χ4v) is 1.76. The topological polar surface area (TPSA) is 75.1 Å². The predicted octanol–water partition coefficient (Wildman–Crippen LogP) is 3.04. The minimum atomic E-state index is -1.08. The Bertz CT molecular complexity index is 579. The van der Waals surface area contributed by atoms with Crippen molar-refractivity contribution < 1.29 is 9.90 Å². The monoisotopic (exact) mass is 257 g/mol. The lowest BCUT2D eigenvalue weighted by Gasteiger charge is -2.13. The molecule has 0 atom stereocenters. The van der Waals surface area contributed by atoms with Crippen molar-refractivity contribution in [2.24, 2.45) is 0 Å². The molecule has 1 heterocycles. The lowest BCUT2D eigenvalue weighted by atomic mass is 10.0. The molecule has 1 aromatic carbocycles. The Morgan fingerprint density at radius 2 is 1.95 bits per heavy atom. The fourth-order valence-electron chi connectivity index (χ4n) is 1.76. The molecule has 2 rings (SSSR count). The van der Waals surface area contributed by atoms with Crippen LogP contribution >= 0.6 is 0 Å². The first-order valence-corrected chi connectivity index (χ1v) is 5.99. The number of aromatic carboxylic acids is 1. The molecule has 5 heteroatoms. The summed E-state index contributed by atoms with van der Waals surface area (Å²) < 4.78 is 0. The van der Waals surface area contributed by atoms with E-state index in [1.807, 2.05) is 24.3 Å². The molecule has 0 spiro atoms. The molecule has 0 saturated carbocycles. The fraction of sp³-hybridized carbons (Fsp3) is 0.214. The van der Waals surface area contributed by atoms with E-state index < -0.39 is 5.97 Å². The molecule has 0 bridgehead atoms. The summed E-state index contributed by atoms with van der Waals surface area (Å²) >= 11 is 0. The number of benzene rings is 1. The second-order valence-corrected chi connectivity index (χ2v) is 4.46. The molecular weight excluding hydrogens is 242 g/mol. The van der Waals surface area contributed by atoms with Gasteiger partial charge in [0.2, 0.25) is 0 Å². The van der Waals surface area contributed by atoms with Crippen LogP contribution in [-0.2, 0) is 0 Å². The smallest absolute Gasteiger partial charge is 0.356 e. The highest BCUT2D eigenvalue weighted by atomic mass is 16.4. The van der Waals surface area contributed by atoms with Gasteiger partial charge in [0.05, 0.1) is 12.4 Å². The van der Waals surface area contributed by atoms with Crippen LogP contribution in [0.25, 0.3) is 0 Å². The van der Waals surface area contributed by atoms with E-state index in [4.69, 9.17) is 5.11 Å². The van der Waals surface area contributed by atoms with E-state index in [0.717, 1.165) is 5.69 Å². The van der Waals surface area contributed by atoms with Gasteiger partial charge in [0.1, 0.15) is 5.82 Å². The summed E-state index contributed by atoms with van der Waals surface area (Å²) in [6, 6.07) is 7.93. The number of nitrogens with one attached hydrogen (secondary N) is 1. The van der Waals surface area contributed by atoms with Crippen LogP contribution in [0.5, 0.6) is 0 Å². The summed E-state index contributed by atoms with van der Waals surface area (Å²) in [6.07, 6.45) is 2.66. The number of aromatic nitrogens is 2. The number of carboxylic acid groups (broad SMARTS) is 1. The third-order valence-electron chi connectivity index (χ3n) is 2.72. The van der Waals surface area contributed by atoms with Crippen LogP contribution < -0.4 is 5.32 Å². The van der Waals surface area contributed by atoms with Crippen molar-refractivity contribution >= 4 is 17.5 Å². The number of nitrogens with zero attached hydrogens (tertiary/aromatic N) is 2. The zero-order valence-electron chi connectivity index (χ0n) is 10.8. The highest BCUT2D eigenvalue weighted by Crippen LogP contribution is 2.25. The van der Waals surface area contributed by atoms with Crippen LogP contribution in [0.15, 0.2) is 36.7 Å². The highest BCUT2D eigenvalue weighted by Gasteiger charge is 2.08. The van der Waals surface area contributed by atoms with E-state index in [1.54, 1.807) is 0 Å². The standard InChI is InChI=1S/C14H15N3O2/c1-9(2)10-5-3-4-6-11(10)17-13-8-15-12(7-16-13)14(18)19/h3-9H,1-2H3,(H,16,17)(H,18,19). The van der Waals surface area contributed by atoms with Gasteiger partial charge in [-0.05, 0) is 17.5 Å². The molecule has 1 aromatic heterocycles. The van der Waals surface area contributed by atoms with Gasteiger partial charge in [-0.25, -0.2) is 14.8 Å². The Kier molecular flexibility index (Phi) is 3.75. The van der Waals surface area contributed by atoms with Crippen molar-refractivity contribution in [2.75, 3.05) is 5.32 Å². The van der Waals surface area contributed by atoms with Gasteiger partial charge >= 0.3 is 5.97 Å². The summed E-state index contributed by atoms with van der Waals surface area (Å²) in [7, 11) is 0. The van der Waals surface area contributed by atoms with Crippen LogP contribution in [0.1, 0.15) is 35.8 Å². The Morgan fingerprint density at radius 1 is 1.21 bits per heavy atom. The number of hydrogen-bond donors (Lipinski definition) is 2. The minimum Gasteiger partial charge on any atom is -0.476 e. The first-order chi connectivity index (χ1) is 9.08. The van der Waals surface area contributed by atoms with Crippen LogP contribution in [0, 0.1) is 0 Å². The molecule has 0 saturated heterocycles. The number of rotatable bonds is 4. The summed E-state index contributed by atoms with van der Waals surface area (Å²) in [5, 5.41) is 11.9. The molecular formula is C14H15N3O2. The van der Waals surface area contributed by atoms with E-state index in [9.17, 15) is 4.79 Å². The van der Waals surface area contributed by atoms with Gasteiger partial charge < -0.3 is 10.4 Å². The average molecular weight is 257 g/mol. The summed E-state index contributed by atoms with van der Waals surface area (Å²) in [4.78, 5) is 18.6. The molecule has 0 aliphatic rings. The molecule has 0 aliphatic carbocycles. The van der Waals surface area contributed by atoms with Crippen LogP contribution in [0.3, 0.4) is 0 Å². The molecule has 0 radical (unpaired) electrons. The molecule has 2 N–H and O–H groups in total. The lowest BCUT2D eigenvalue weighted by molar-refractivity contribution is 0.0690. The van der Waals surface area contributed by atoms with Gasteiger partial charge in [0.15, 0.2) is 5.69 Å². The number of hydrogen-bond acceptors (Lipinski definition) is 4. The summed E-state index contributed by atoms with van der Waals surface area (Å²) in [5.74, 6) is -0.172. The molecule has 98 valence electrons. The first-order valence-electron chi connectivity index (χ1n) is 5.99. The van der Waals surface area contributed by atoms with Crippen molar-refractivity contribution in [2.45, 2.75) is 19.8 Å². The van der Waals surface area contributed by atoms with Gasteiger partial charge in [-0.15, -0.1) is 0 Å². The predicted molar refractivity (Wildman–Crippen MR) is 72.8 cm³/mol. The highest BCUT2D eigenvalue weighted by molar-refractivity contribution is 5.85. The molecule has 0 amide bonds. The maximum absolute atomic E-state index is 10.7. The molecule has 0 aliphatic heterocycles. The van der Waals surface area contributed by atoms with Crippen LogP contribution in [0.2, 0.25) is 0 Å². The van der Waals surface area contributed by atoms with Crippen molar-refractivity contribution in [3.8, 4) is 0 Å². The molecule has 2 aromatic rings. The van der Waals surface area contributed by atoms with Gasteiger partial charge in [-0.2, -0.15) is 0 Å². The lowest BCUT2D eigenvalue weighted by Crippen LogP contribution is -2.04. The molecule has 5 nitrogen and oxygen atoms in total. The molecule has 0 fully saturated rings. The Morgan fingerprint density at radius 3 is 2.53 bits per heavy atom. The Balaban J connectivity index is 2.24. The number of carboxylic acids is 1. The zero-order chi connectivity index (χ0) is 13.8. The van der Waals surface area contributed by atoms with Crippen molar-refractivity contribution in [3.05, 3.63) is 47.9 Å². The van der Waals surface area contributed by atoms with E-state index in [2.05, 4.69) is 29.1 Å². The first kappa shape index (κ1) is 13.0. The third kappa shape index (κ3) is 3.07. The van der Waals surface area contributed by atoms with E-state index in [1.165, 1.54) is 18.0 Å². The quantitative estimate of drug-likeness (QED) is 0.880.